The van der Waals surface area contributed by atoms with Gasteiger partial charge in [-0.05, 0) is 44.4 Å². The van der Waals surface area contributed by atoms with Crippen LogP contribution in [0.25, 0.3) is 0 Å². The molecule has 1 spiro atoms. The van der Waals surface area contributed by atoms with Gasteiger partial charge in [0.15, 0.2) is 0 Å². The molecule has 3 rings (SSSR count). The molecular formula is C17H27F3N2O4. The van der Waals surface area contributed by atoms with Crippen LogP contribution < -0.4 is 0 Å². The number of hydrogen-bond acceptors (Lipinski definition) is 4. The first kappa shape index (κ1) is 21.0. The van der Waals surface area contributed by atoms with Gasteiger partial charge in [0.25, 0.3) is 5.91 Å². The van der Waals surface area contributed by atoms with Crippen molar-refractivity contribution in [1.29, 1.82) is 0 Å². The number of likely N-dealkylation sites (N-methyl/N-ethyl adjacent to an activating group) is 1. The van der Waals surface area contributed by atoms with Gasteiger partial charge in [0.1, 0.15) is 6.10 Å². The normalized spacial score (nSPS) is 25.5. The number of piperidine rings is 1. The van der Waals surface area contributed by atoms with Crippen LogP contribution in [0, 0.1) is 5.92 Å². The Morgan fingerprint density at radius 1 is 1.15 bits per heavy atom. The van der Waals surface area contributed by atoms with Crippen molar-refractivity contribution in [1.82, 2.24) is 9.80 Å². The highest BCUT2D eigenvalue weighted by molar-refractivity contribution is 5.80. The quantitative estimate of drug-likeness (QED) is 0.812. The van der Waals surface area contributed by atoms with Crippen molar-refractivity contribution in [3.05, 3.63) is 0 Å². The molecule has 1 aliphatic carbocycles. The summed E-state index contributed by atoms with van der Waals surface area (Å²) >= 11 is 0. The van der Waals surface area contributed by atoms with Gasteiger partial charge in [-0.15, -0.1) is 0 Å². The minimum absolute atomic E-state index is 0.0103. The summed E-state index contributed by atoms with van der Waals surface area (Å²) in [6.45, 7) is 3.59. The van der Waals surface area contributed by atoms with E-state index < -0.39 is 12.1 Å². The first-order valence-electron chi connectivity index (χ1n) is 8.94. The van der Waals surface area contributed by atoms with E-state index in [4.69, 9.17) is 14.6 Å². The molecule has 26 heavy (non-hydrogen) atoms. The fourth-order valence-electron chi connectivity index (χ4n) is 3.45. The van der Waals surface area contributed by atoms with E-state index in [0.717, 1.165) is 44.7 Å². The molecule has 0 aromatic rings. The van der Waals surface area contributed by atoms with Crippen LogP contribution in [-0.2, 0) is 14.3 Å². The molecule has 3 aliphatic rings. The third-order valence-electron chi connectivity index (χ3n) is 5.19. The number of carbonyl (C=O) groups excluding carboxylic acids is 1. The number of alkyl halides is 3. The van der Waals surface area contributed by atoms with E-state index in [1.807, 2.05) is 14.1 Å². The van der Waals surface area contributed by atoms with Crippen LogP contribution in [-0.4, -0.2) is 78.4 Å². The van der Waals surface area contributed by atoms with Crippen molar-refractivity contribution in [3.8, 4) is 0 Å². The largest absolute Gasteiger partial charge is 0.490 e. The summed E-state index contributed by atoms with van der Waals surface area (Å²) < 4.78 is 37.9. The van der Waals surface area contributed by atoms with Crippen molar-refractivity contribution in [2.24, 2.45) is 5.92 Å². The van der Waals surface area contributed by atoms with Gasteiger partial charge in [0, 0.05) is 33.7 Å². The maximum Gasteiger partial charge on any atom is 0.490 e. The van der Waals surface area contributed by atoms with Crippen LogP contribution in [0.2, 0.25) is 0 Å². The van der Waals surface area contributed by atoms with Gasteiger partial charge >= 0.3 is 12.1 Å². The predicted octanol–water partition coefficient (Wildman–Crippen LogP) is 2.13. The van der Waals surface area contributed by atoms with Gasteiger partial charge in [-0.1, -0.05) is 0 Å². The Kier molecular flexibility index (Phi) is 6.55. The van der Waals surface area contributed by atoms with Crippen LogP contribution in [0.4, 0.5) is 13.2 Å². The zero-order chi connectivity index (χ0) is 19.5. The molecule has 0 bridgehead atoms. The number of hydrogen-bond donors (Lipinski definition) is 1. The molecule has 0 aromatic heterocycles. The lowest BCUT2D eigenvalue weighted by atomic mass is 9.88. The number of halogens is 3. The number of aliphatic carboxylic acids is 1. The maximum absolute atomic E-state index is 12.0. The van der Waals surface area contributed by atoms with Gasteiger partial charge < -0.3 is 19.6 Å². The second-order valence-corrected chi connectivity index (χ2v) is 7.61. The summed E-state index contributed by atoms with van der Waals surface area (Å²) in [6.07, 6.45) is 1.77. The van der Waals surface area contributed by atoms with Crippen molar-refractivity contribution >= 4 is 11.9 Å². The van der Waals surface area contributed by atoms with Crippen LogP contribution in [0.3, 0.4) is 0 Å². The van der Waals surface area contributed by atoms with E-state index in [0.29, 0.717) is 0 Å². The molecule has 1 atom stereocenters. The lowest BCUT2D eigenvalue weighted by Gasteiger charge is -2.39. The molecule has 150 valence electrons. The minimum atomic E-state index is -5.08. The number of ether oxygens (including phenoxy) is 1. The number of amides is 1. The molecule has 1 amide bonds. The number of likely N-dealkylation sites (tertiary alicyclic amines) is 1. The average molecular weight is 380 g/mol. The van der Waals surface area contributed by atoms with Gasteiger partial charge in [-0.25, -0.2) is 4.79 Å². The third-order valence-corrected chi connectivity index (χ3v) is 5.19. The molecule has 2 saturated heterocycles. The average Bonchev–Trinajstić information content (AvgIpc) is 3.28. The molecule has 0 aromatic carbocycles. The van der Waals surface area contributed by atoms with Crippen molar-refractivity contribution in [2.75, 3.05) is 33.7 Å². The van der Waals surface area contributed by atoms with E-state index >= 15 is 0 Å². The Bertz CT molecular complexity index is 513. The number of rotatable bonds is 3. The first-order chi connectivity index (χ1) is 12.0. The van der Waals surface area contributed by atoms with E-state index in [2.05, 4.69) is 4.90 Å². The highest BCUT2D eigenvalue weighted by atomic mass is 19.4. The number of nitrogens with zero attached hydrogens (tertiary/aromatic N) is 2. The highest BCUT2D eigenvalue weighted by Crippen LogP contribution is 2.40. The predicted molar refractivity (Wildman–Crippen MR) is 87.6 cm³/mol. The molecule has 2 heterocycles. The third kappa shape index (κ3) is 5.84. The van der Waals surface area contributed by atoms with Gasteiger partial charge in [0.2, 0.25) is 0 Å². The standard InChI is InChI=1S/C15H26N2O2.C2HF3O2/c1-16(2)14(18)13-5-6-15(19-13)7-9-17(10-8-15)11-12-3-4-12;3-2(4,5)1(6)7/h12-13H,3-11H2,1-2H3;(H,6,7). The maximum atomic E-state index is 12.0. The summed E-state index contributed by atoms with van der Waals surface area (Å²) in [5, 5.41) is 7.12. The van der Waals surface area contributed by atoms with E-state index in [1.54, 1.807) is 4.90 Å². The van der Waals surface area contributed by atoms with Gasteiger partial charge in [-0.3, -0.25) is 4.79 Å². The van der Waals surface area contributed by atoms with Crippen LogP contribution in [0.1, 0.15) is 38.5 Å². The zero-order valence-corrected chi connectivity index (χ0v) is 15.2. The summed E-state index contributed by atoms with van der Waals surface area (Å²) in [5.41, 5.74) is 0.0103. The number of carboxylic acid groups (broad SMARTS) is 1. The summed E-state index contributed by atoms with van der Waals surface area (Å²) in [7, 11) is 3.63. The molecule has 1 unspecified atom stereocenters. The van der Waals surface area contributed by atoms with Gasteiger partial charge in [0.05, 0.1) is 5.60 Å². The molecular weight excluding hydrogens is 353 g/mol. The first-order valence-corrected chi connectivity index (χ1v) is 8.94. The Morgan fingerprint density at radius 3 is 2.12 bits per heavy atom. The smallest absolute Gasteiger partial charge is 0.475 e. The Morgan fingerprint density at radius 2 is 1.69 bits per heavy atom. The lowest BCUT2D eigenvalue weighted by Crippen LogP contribution is -2.46. The highest BCUT2D eigenvalue weighted by Gasteiger charge is 2.45. The molecule has 1 N–H and O–H groups in total. The van der Waals surface area contributed by atoms with E-state index in [9.17, 15) is 18.0 Å². The Labute approximate surface area is 151 Å². The molecule has 2 aliphatic heterocycles. The van der Waals surface area contributed by atoms with Crippen LogP contribution in [0.15, 0.2) is 0 Å². The zero-order valence-electron chi connectivity index (χ0n) is 15.2. The van der Waals surface area contributed by atoms with Crippen LogP contribution in [0.5, 0.6) is 0 Å². The van der Waals surface area contributed by atoms with Gasteiger partial charge in [-0.2, -0.15) is 13.2 Å². The minimum Gasteiger partial charge on any atom is -0.475 e. The fraction of sp³-hybridized carbons (Fsp3) is 0.882. The Hall–Kier alpha value is -1.35. The summed E-state index contributed by atoms with van der Waals surface area (Å²) in [4.78, 5) is 25.1. The molecule has 0 radical (unpaired) electrons. The fourth-order valence-corrected chi connectivity index (χ4v) is 3.45. The van der Waals surface area contributed by atoms with E-state index in [-0.39, 0.29) is 17.6 Å². The molecule has 6 nitrogen and oxygen atoms in total. The Balaban J connectivity index is 0.000000298. The van der Waals surface area contributed by atoms with Crippen molar-refractivity contribution < 1.29 is 32.6 Å². The van der Waals surface area contributed by atoms with Crippen LogP contribution >= 0.6 is 0 Å². The number of carboxylic acids is 1. The lowest BCUT2D eigenvalue weighted by molar-refractivity contribution is -0.192. The molecule has 9 heteroatoms. The molecule has 3 fully saturated rings. The second-order valence-electron chi connectivity index (χ2n) is 7.61. The van der Waals surface area contributed by atoms with E-state index in [1.165, 1.54) is 19.4 Å². The topological polar surface area (TPSA) is 70.1 Å². The number of carbonyl (C=O) groups is 2. The summed E-state index contributed by atoms with van der Waals surface area (Å²) in [6, 6.07) is 0. The van der Waals surface area contributed by atoms with Crippen molar-refractivity contribution in [3.63, 3.8) is 0 Å². The van der Waals surface area contributed by atoms with Crippen molar-refractivity contribution in [2.45, 2.75) is 56.4 Å². The SMILES string of the molecule is CN(C)C(=O)C1CCC2(CCN(CC3CC3)CC2)O1.O=C(O)C(F)(F)F. The summed E-state index contributed by atoms with van der Waals surface area (Å²) in [5.74, 6) is -1.65. The monoisotopic (exact) mass is 380 g/mol. The second kappa shape index (κ2) is 8.12. The molecule has 1 saturated carbocycles.